The van der Waals surface area contributed by atoms with Crippen molar-refractivity contribution in [2.45, 2.75) is 70.5 Å². The van der Waals surface area contributed by atoms with Gasteiger partial charge in [0.25, 0.3) is 0 Å². The number of likely N-dealkylation sites (N-methyl/N-ethyl adjacent to an activating group) is 3. The highest BCUT2D eigenvalue weighted by Crippen LogP contribution is 2.25. The van der Waals surface area contributed by atoms with Gasteiger partial charge in [-0.25, -0.2) is 0 Å². The molecule has 1 aromatic heterocycles. The molecular formula is C26H42N4. The van der Waals surface area contributed by atoms with Crippen molar-refractivity contribution in [2.75, 3.05) is 33.2 Å². The van der Waals surface area contributed by atoms with Crippen LogP contribution in [0.2, 0.25) is 0 Å². The number of hydrogen-bond donors (Lipinski definition) is 2. The SMILES string of the molecule is C=c1c2ccccc2c(=C)n1CCC(CNCC)(CN(CC)C1CCCCC1)NC. The van der Waals surface area contributed by atoms with Crippen LogP contribution in [0.25, 0.3) is 23.9 Å². The zero-order chi connectivity index (χ0) is 21.6. The first-order valence-corrected chi connectivity index (χ1v) is 11.9. The smallest absolute Gasteiger partial charge is 0.0449 e. The monoisotopic (exact) mass is 410 g/mol. The third kappa shape index (κ3) is 4.99. The summed E-state index contributed by atoms with van der Waals surface area (Å²) in [4.78, 5) is 2.73. The zero-order valence-electron chi connectivity index (χ0n) is 19.5. The molecule has 1 heterocycles. The third-order valence-corrected chi connectivity index (χ3v) is 7.26. The molecule has 0 aliphatic heterocycles. The molecular weight excluding hydrogens is 368 g/mol. The minimum Gasteiger partial charge on any atom is -0.341 e. The Kier molecular flexibility index (Phi) is 8.15. The van der Waals surface area contributed by atoms with E-state index in [1.54, 1.807) is 0 Å². The van der Waals surface area contributed by atoms with Crippen molar-refractivity contribution in [1.82, 2.24) is 20.1 Å². The molecule has 1 unspecified atom stereocenters. The van der Waals surface area contributed by atoms with E-state index in [9.17, 15) is 0 Å². The molecule has 0 saturated heterocycles. The summed E-state index contributed by atoms with van der Waals surface area (Å²) in [5, 5.41) is 12.0. The second kappa shape index (κ2) is 10.6. The molecule has 0 bridgehead atoms. The molecule has 1 aliphatic carbocycles. The Morgan fingerprint density at radius 1 is 1.07 bits per heavy atom. The van der Waals surface area contributed by atoms with Crippen LogP contribution in [0, 0.1) is 0 Å². The Morgan fingerprint density at radius 3 is 2.23 bits per heavy atom. The standard InChI is InChI=1S/C26H42N4/c1-6-28-19-26(27-5,20-29(7-2)23-13-9-8-10-14-23)17-18-30-21(3)24-15-11-12-16-25(24)22(30)4/h11-12,15-16,23,27-28H,3-4,6-10,13-14,17-20H2,1-2,5H3. The van der Waals surface area contributed by atoms with Gasteiger partial charge in [-0.1, -0.05) is 70.5 Å². The highest BCUT2D eigenvalue weighted by Gasteiger charge is 2.33. The molecule has 0 radical (unpaired) electrons. The van der Waals surface area contributed by atoms with Gasteiger partial charge in [-0.05, 0) is 39.4 Å². The van der Waals surface area contributed by atoms with Crippen LogP contribution >= 0.6 is 0 Å². The third-order valence-electron chi connectivity index (χ3n) is 7.26. The fourth-order valence-electron chi connectivity index (χ4n) is 5.25. The molecule has 1 fully saturated rings. The van der Waals surface area contributed by atoms with Crippen molar-refractivity contribution in [3.63, 3.8) is 0 Å². The average Bonchev–Trinajstić information content (AvgIpc) is 3.04. The van der Waals surface area contributed by atoms with E-state index >= 15 is 0 Å². The van der Waals surface area contributed by atoms with Crippen LogP contribution in [0.5, 0.6) is 0 Å². The number of nitrogens with one attached hydrogen (secondary N) is 2. The largest absolute Gasteiger partial charge is 0.341 e. The summed E-state index contributed by atoms with van der Waals surface area (Å²) < 4.78 is 2.32. The number of rotatable bonds is 11. The second-order valence-corrected chi connectivity index (χ2v) is 9.01. The lowest BCUT2D eigenvalue weighted by Crippen LogP contribution is -2.60. The number of aromatic nitrogens is 1. The Balaban J connectivity index is 1.82. The number of hydrogen-bond acceptors (Lipinski definition) is 3. The minimum absolute atomic E-state index is 0.0266. The van der Waals surface area contributed by atoms with Gasteiger partial charge in [0.05, 0.1) is 0 Å². The first-order chi connectivity index (χ1) is 14.5. The van der Waals surface area contributed by atoms with Crippen LogP contribution in [0.4, 0.5) is 0 Å². The van der Waals surface area contributed by atoms with Crippen molar-refractivity contribution in [1.29, 1.82) is 0 Å². The van der Waals surface area contributed by atoms with Gasteiger partial charge in [-0.2, -0.15) is 0 Å². The molecule has 2 N–H and O–H groups in total. The van der Waals surface area contributed by atoms with Crippen molar-refractivity contribution in [3.05, 3.63) is 35.0 Å². The van der Waals surface area contributed by atoms with Gasteiger partial charge in [-0.15, -0.1) is 0 Å². The summed E-state index contributed by atoms with van der Waals surface area (Å²) >= 11 is 0. The summed E-state index contributed by atoms with van der Waals surface area (Å²) in [6.07, 6.45) is 7.92. The zero-order valence-corrected chi connectivity index (χ0v) is 19.5. The van der Waals surface area contributed by atoms with Crippen LogP contribution in [0.1, 0.15) is 52.4 Å². The van der Waals surface area contributed by atoms with Crippen molar-refractivity contribution in [2.24, 2.45) is 0 Å². The van der Waals surface area contributed by atoms with Gasteiger partial charge in [0.2, 0.25) is 0 Å². The number of nitrogens with zero attached hydrogens (tertiary/aromatic N) is 2. The molecule has 30 heavy (non-hydrogen) atoms. The minimum atomic E-state index is 0.0266. The molecule has 1 aromatic carbocycles. The predicted octanol–water partition coefficient (Wildman–Crippen LogP) is 3.07. The van der Waals surface area contributed by atoms with E-state index in [1.807, 2.05) is 0 Å². The Labute approximate surface area is 183 Å². The normalized spacial score (nSPS) is 17.6. The molecule has 0 amide bonds. The Morgan fingerprint density at radius 2 is 1.70 bits per heavy atom. The van der Waals surface area contributed by atoms with Crippen LogP contribution in [0.3, 0.4) is 0 Å². The van der Waals surface area contributed by atoms with Crippen molar-refractivity contribution < 1.29 is 0 Å². The maximum absolute atomic E-state index is 4.39. The topological polar surface area (TPSA) is 32.2 Å². The highest BCUT2D eigenvalue weighted by atomic mass is 15.2. The van der Waals surface area contributed by atoms with Gasteiger partial charge in [0.1, 0.15) is 0 Å². The quantitative estimate of drug-likeness (QED) is 0.597. The van der Waals surface area contributed by atoms with Crippen LogP contribution in [-0.4, -0.2) is 54.3 Å². The fourth-order valence-corrected chi connectivity index (χ4v) is 5.25. The summed E-state index contributed by atoms with van der Waals surface area (Å²) in [6.45, 7) is 18.4. The lowest BCUT2D eigenvalue weighted by molar-refractivity contribution is 0.108. The molecule has 1 aliphatic rings. The number of benzene rings is 1. The van der Waals surface area contributed by atoms with Crippen molar-refractivity contribution in [3.8, 4) is 0 Å². The molecule has 2 aromatic rings. The first-order valence-electron chi connectivity index (χ1n) is 11.9. The maximum atomic E-state index is 4.39. The second-order valence-electron chi connectivity index (χ2n) is 9.01. The van der Waals surface area contributed by atoms with E-state index in [1.165, 1.54) is 42.9 Å². The van der Waals surface area contributed by atoms with E-state index in [4.69, 9.17) is 0 Å². The lowest BCUT2D eigenvalue weighted by atomic mass is 9.89. The van der Waals surface area contributed by atoms with E-state index < -0.39 is 0 Å². The Hall–Kier alpha value is -1.62. The summed E-state index contributed by atoms with van der Waals surface area (Å²) in [5.74, 6) is 0. The highest BCUT2D eigenvalue weighted by molar-refractivity contribution is 5.83. The van der Waals surface area contributed by atoms with E-state index in [2.05, 4.69) is 78.4 Å². The van der Waals surface area contributed by atoms with E-state index in [0.29, 0.717) is 0 Å². The molecule has 1 saturated carbocycles. The van der Waals surface area contributed by atoms with Crippen LogP contribution in [-0.2, 0) is 6.54 Å². The van der Waals surface area contributed by atoms with Gasteiger partial charge in [0.15, 0.2) is 0 Å². The lowest BCUT2D eigenvalue weighted by Gasteiger charge is -2.42. The summed E-state index contributed by atoms with van der Waals surface area (Å²) in [5.41, 5.74) is 0.0266. The predicted molar refractivity (Wildman–Crippen MR) is 131 cm³/mol. The molecule has 3 rings (SSSR count). The van der Waals surface area contributed by atoms with Crippen LogP contribution < -0.4 is 21.3 Å². The van der Waals surface area contributed by atoms with Gasteiger partial charge in [0, 0.05) is 52.7 Å². The summed E-state index contributed by atoms with van der Waals surface area (Å²) in [6, 6.07) is 9.24. The Bertz CT molecular complexity index is 849. The van der Waals surface area contributed by atoms with E-state index in [-0.39, 0.29) is 5.54 Å². The van der Waals surface area contributed by atoms with Crippen LogP contribution in [0.15, 0.2) is 24.3 Å². The number of fused-ring (bicyclic) bond motifs is 1. The van der Waals surface area contributed by atoms with Gasteiger partial charge < -0.3 is 15.2 Å². The summed E-state index contributed by atoms with van der Waals surface area (Å²) in [7, 11) is 2.13. The molecule has 1 atom stereocenters. The van der Waals surface area contributed by atoms with Crippen molar-refractivity contribution >= 4 is 23.9 Å². The average molecular weight is 411 g/mol. The first kappa shape index (κ1) is 23.1. The van der Waals surface area contributed by atoms with Gasteiger partial charge >= 0.3 is 0 Å². The molecule has 4 nitrogen and oxygen atoms in total. The van der Waals surface area contributed by atoms with E-state index in [0.717, 1.165) is 55.9 Å². The van der Waals surface area contributed by atoms with Gasteiger partial charge in [-0.3, -0.25) is 4.90 Å². The molecule has 4 heteroatoms. The molecule has 166 valence electrons. The maximum Gasteiger partial charge on any atom is 0.0449 e. The fraction of sp³-hybridized carbons (Fsp3) is 0.615. The molecule has 0 spiro atoms.